The monoisotopic (exact) mass is 402 g/mol. The van der Waals surface area contributed by atoms with E-state index in [1.54, 1.807) is 0 Å². The average Bonchev–Trinajstić information content (AvgIpc) is 2.59. The van der Waals surface area contributed by atoms with Crippen molar-refractivity contribution in [1.82, 2.24) is 20.4 Å². The van der Waals surface area contributed by atoms with Crippen LogP contribution in [0, 0.1) is 5.92 Å². The minimum absolute atomic E-state index is 0. The van der Waals surface area contributed by atoms with E-state index in [0.29, 0.717) is 5.92 Å². The van der Waals surface area contributed by atoms with Gasteiger partial charge in [-0.05, 0) is 50.2 Å². The highest BCUT2D eigenvalue weighted by Crippen LogP contribution is 2.14. The Hall–Kier alpha value is -0.850. The van der Waals surface area contributed by atoms with E-state index in [9.17, 15) is 4.79 Å². The molecule has 0 saturated carbocycles. The van der Waals surface area contributed by atoms with Crippen LogP contribution in [0.5, 0.6) is 0 Å². The first-order valence-corrected chi connectivity index (χ1v) is 9.13. The molecule has 0 radical (unpaired) electrons. The zero-order valence-corrected chi connectivity index (χ0v) is 17.4. The van der Waals surface area contributed by atoms with Gasteiger partial charge in [0, 0.05) is 44.3 Å². The van der Waals surface area contributed by atoms with Crippen molar-refractivity contribution in [3.63, 3.8) is 0 Å². The fourth-order valence-corrected chi connectivity index (χ4v) is 3.56. The molecule has 3 rings (SSSR count). The van der Waals surface area contributed by atoms with Crippen molar-refractivity contribution in [2.24, 2.45) is 5.92 Å². The van der Waals surface area contributed by atoms with Crippen LogP contribution >= 0.6 is 24.8 Å². The smallest absolute Gasteiger partial charge is 0.251 e. The van der Waals surface area contributed by atoms with E-state index >= 15 is 0 Å². The summed E-state index contributed by atoms with van der Waals surface area (Å²) in [6, 6.07) is 8.39. The molecule has 2 N–H and O–H groups in total. The number of piperidine rings is 1. The second-order valence-electron chi connectivity index (χ2n) is 7.33. The summed E-state index contributed by atoms with van der Waals surface area (Å²) in [5, 5.41) is 6.60. The largest absolute Gasteiger partial charge is 0.349 e. The lowest BCUT2D eigenvalue weighted by molar-refractivity contribution is 0.0914. The number of likely N-dealkylation sites (N-methyl/N-ethyl adjacent to an activating group) is 1. The second kappa shape index (κ2) is 11.1. The number of carbonyl (C=O) groups excluding carboxylic acids is 1. The van der Waals surface area contributed by atoms with Gasteiger partial charge in [-0.2, -0.15) is 0 Å². The standard InChI is InChI=1S/C19H30N4O.2ClH/c1-15-13-20-7-6-18(15)21-19(24)17-5-3-4-16(12-17)14-23-10-8-22(2)9-11-23;;/h3-5,12,15,18,20H,6-11,13-14H2,1-2H3,(H,21,24);2*1H. The zero-order chi connectivity index (χ0) is 16.9. The summed E-state index contributed by atoms with van der Waals surface area (Å²) in [5.74, 6) is 0.546. The molecule has 2 aliphatic rings. The highest BCUT2D eigenvalue weighted by Gasteiger charge is 2.23. The number of halogens is 2. The molecule has 2 fully saturated rings. The molecule has 26 heavy (non-hydrogen) atoms. The normalized spacial score (nSPS) is 24.2. The molecule has 0 spiro atoms. The van der Waals surface area contributed by atoms with E-state index in [4.69, 9.17) is 0 Å². The van der Waals surface area contributed by atoms with Gasteiger partial charge in [0.2, 0.25) is 0 Å². The lowest BCUT2D eigenvalue weighted by Gasteiger charge is -2.32. The molecule has 2 aliphatic heterocycles. The lowest BCUT2D eigenvalue weighted by atomic mass is 9.95. The summed E-state index contributed by atoms with van der Waals surface area (Å²) in [7, 11) is 2.17. The maximum absolute atomic E-state index is 12.6. The first-order valence-electron chi connectivity index (χ1n) is 9.13. The first kappa shape index (κ1) is 23.2. The van der Waals surface area contributed by atoms with Crippen molar-refractivity contribution in [2.75, 3.05) is 46.3 Å². The van der Waals surface area contributed by atoms with E-state index in [1.807, 2.05) is 12.1 Å². The number of benzene rings is 1. The fourth-order valence-electron chi connectivity index (χ4n) is 3.56. The molecule has 7 heteroatoms. The van der Waals surface area contributed by atoms with Gasteiger partial charge in [0.15, 0.2) is 0 Å². The molecule has 2 heterocycles. The van der Waals surface area contributed by atoms with E-state index < -0.39 is 0 Å². The van der Waals surface area contributed by atoms with E-state index in [0.717, 1.165) is 57.8 Å². The molecule has 0 aromatic heterocycles. The molecular weight excluding hydrogens is 371 g/mol. The molecule has 0 bridgehead atoms. The molecule has 1 aromatic rings. The molecule has 2 unspecified atom stereocenters. The molecule has 1 amide bonds. The van der Waals surface area contributed by atoms with Gasteiger partial charge in [-0.3, -0.25) is 9.69 Å². The summed E-state index contributed by atoms with van der Waals surface area (Å²) in [4.78, 5) is 17.4. The number of hydrogen-bond acceptors (Lipinski definition) is 4. The Morgan fingerprint density at radius 2 is 1.96 bits per heavy atom. The number of amides is 1. The molecule has 0 aliphatic carbocycles. The van der Waals surface area contributed by atoms with Crippen LogP contribution in [0.25, 0.3) is 0 Å². The number of piperazine rings is 1. The highest BCUT2D eigenvalue weighted by molar-refractivity contribution is 5.94. The molecule has 1 aromatic carbocycles. The number of nitrogens with one attached hydrogen (secondary N) is 2. The van der Waals surface area contributed by atoms with Crippen LogP contribution in [0.15, 0.2) is 24.3 Å². The maximum atomic E-state index is 12.6. The minimum Gasteiger partial charge on any atom is -0.349 e. The van der Waals surface area contributed by atoms with Gasteiger partial charge < -0.3 is 15.5 Å². The zero-order valence-electron chi connectivity index (χ0n) is 15.7. The number of nitrogens with zero attached hydrogens (tertiary/aromatic N) is 2. The van der Waals surface area contributed by atoms with Gasteiger partial charge >= 0.3 is 0 Å². The quantitative estimate of drug-likeness (QED) is 0.808. The van der Waals surface area contributed by atoms with Gasteiger partial charge in [-0.25, -0.2) is 0 Å². The number of rotatable bonds is 4. The van der Waals surface area contributed by atoms with Gasteiger partial charge in [0.05, 0.1) is 0 Å². The lowest BCUT2D eigenvalue weighted by Crippen LogP contribution is -2.48. The van der Waals surface area contributed by atoms with Crippen molar-refractivity contribution in [2.45, 2.75) is 25.9 Å². The van der Waals surface area contributed by atoms with E-state index in [1.165, 1.54) is 5.56 Å². The fraction of sp³-hybridized carbons (Fsp3) is 0.632. The third kappa shape index (κ3) is 6.39. The Morgan fingerprint density at radius 3 is 2.65 bits per heavy atom. The van der Waals surface area contributed by atoms with Gasteiger partial charge in [0.25, 0.3) is 5.91 Å². The number of carbonyl (C=O) groups is 1. The van der Waals surface area contributed by atoms with Crippen molar-refractivity contribution < 1.29 is 4.79 Å². The molecule has 148 valence electrons. The second-order valence-corrected chi connectivity index (χ2v) is 7.33. The van der Waals surface area contributed by atoms with Crippen molar-refractivity contribution >= 4 is 30.7 Å². The third-order valence-corrected chi connectivity index (χ3v) is 5.29. The summed E-state index contributed by atoms with van der Waals surface area (Å²) >= 11 is 0. The Bertz CT molecular complexity index is 564. The highest BCUT2D eigenvalue weighted by atomic mass is 35.5. The SMILES string of the molecule is CC1CNCCC1NC(=O)c1cccc(CN2CCN(C)CC2)c1.Cl.Cl. The third-order valence-electron chi connectivity index (χ3n) is 5.29. The summed E-state index contributed by atoms with van der Waals surface area (Å²) in [5.41, 5.74) is 2.01. The van der Waals surface area contributed by atoms with Gasteiger partial charge in [-0.1, -0.05) is 19.1 Å². The van der Waals surface area contributed by atoms with Crippen LogP contribution in [0.2, 0.25) is 0 Å². The average molecular weight is 403 g/mol. The topological polar surface area (TPSA) is 47.6 Å². The molecule has 2 saturated heterocycles. The van der Waals surface area contributed by atoms with Crippen LogP contribution in [0.4, 0.5) is 0 Å². The van der Waals surface area contributed by atoms with Crippen LogP contribution in [-0.4, -0.2) is 68.1 Å². The maximum Gasteiger partial charge on any atom is 0.251 e. The number of hydrogen-bond donors (Lipinski definition) is 2. The summed E-state index contributed by atoms with van der Waals surface area (Å²) in [6.45, 7) is 9.52. The Morgan fingerprint density at radius 1 is 1.23 bits per heavy atom. The van der Waals surface area contributed by atoms with Crippen molar-refractivity contribution in [3.8, 4) is 0 Å². The predicted octanol–water partition coefficient (Wildman–Crippen LogP) is 2.01. The minimum atomic E-state index is 0. The molecule has 5 nitrogen and oxygen atoms in total. The Balaban J connectivity index is 0.00000169. The van der Waals surface area contributed by atoms with E-state index in [-0.39, 0.29) is 36.8 Å². The molecule has 2 atom stereocenters. The van der Waals surface area contributed by atoms with Crippen molar-refractivity contribution in [1.29, 1.82) is 0 Å². The van der Waals surface area contributed by atoms with Crippen LogP contribution in [-0.2, 0) is 6.54 Å². The Labute approximate surface area is 169 Å². The van der Waals surface area contributed by atoms with Gasteiger partial charge in [-0.15, -0.1) is 24.8 Å². The summed E-state index contributed by atoms with van der Waals surface area (Å²) < 4.78 is 0. The van der Waals surface area contributed by atoms with Crippen LogP contribution < -0.4 is 10.6 Å². The van der Waals surface area contributed by atoms with Crippen LogP contribution in [0.3, 0.4) is 0 Å². The Kier molecular flexibility index (Phi) is 9.90. The predicted molar refractivity (Wildman–Crippen MR) is 112 cm³/mol. The first-order chi connectivity index (χ1) is 11.6. The van der Waals surface area contributed by atoms with E-state index in [2.05, 4.69) is 46.5 Å². The molecular formula is C19H32Cl2N4O. The van der Waals surface area contributed by atoms with Crippen LogP contribution in [0.1, 0.15) is 29.3 Å². The van der Waals surface area contributed by atoms with Crippen molar-refractivity contribution in [3.05, 3.63) is 35.4 Å². The summed E-state index contributed by atoms with van der Waals surface area (Å²) in [6.07, 6.45) is 1.01. The van der Waals surface area contributed by atoms with Gasteiger partial charge in [0.1, 0.15) is 0 Å².